The van der Waals surface area contributed by atoms with Gasteiger partial charge in [-0.05, 0) is 76.3 Å². The van der Waals surface area contributed by atoms with Gasteiger partial charge in [-0.1, -0.05) is 0 Å². The van der Waals surface area contributed by atoms with Crippen molar-refractivity contribution in [2.24, 2.45) is 0 Å². The molecule has 3 aromatic rings. The van der Waals surface area contributed by atoms with Crippen LogP contribution in [-0.4, -0.2) is 34.0 Å². The molecule has 0 unspecified atom stereocenters. The number of methoxy groups -OCH3 is 1. The second-order valence-electron chi connectivity index (χ2n) is 7.90. The van der Waals surface area contributed by atoms with Gasteiger partial charge in [0.1, 0.15) is 23.1 Å². The van der Waals surface area contributed by atoms with Crippen LogP contribution in [0.3, 0.4) is 0 Å². The number of nitrogens with one attached hydrogen (secondary N) is 3. The molecule has 184 valence electrons. The lowest BCUT2D eigenvalue weighted by molar-refractivity contribution is -0.121. The number of likely N-dealkylation sites (N-methyl/N-ethyl adjacent to an activating group) is 1. The summed E-state index contributed by atoms with van der Waals surface area (Å²) in [6.45, 7) is 5.14. The topological polar surface area (TPSA) is 110 Å². The minimum atomic E-state index is -4.17. The van der Waals surface area contributed by atoms with Crippen LogP contribution in [0.1, 0.15) is 19.6 Å². The van der Waals surface area contributed by atoms with Crippen molar-refractivity contribution in [1.29, 1.82) is 0 Å². The summed E-state index contributed by atoms with van der Waals surface area (Å²) < 4.78 is 53.7. The Morgan fingerprint density at radius 2 is 1.79 bits per heavy atom. The second-order valence-corrected chi connectivity index (χ2v) is 9.58. The maximum atomic E-state index is 14.7. The predicted octanol–water partition coefficient (Wildman–Crippen LogP) is 4.56. The van der Waals surface area contributed by atoms with E-state index in [-0.39, 0.29) is 40.2 Å². The number of rotatable bonds is 8. The Hall–Kier alpha value is -3.08. The number of hydrogen-bond donors (Lipinski definition) is 3. The van der Waals surface area contributed by atoms with Crippen LogP contribution in [0.5, 0.6) is 5.75 Å². The number of amides is 1. The summed E-state index contributed by atoms with van der Waals surface area (Å²) >= 11 is 0. The molecule has 0 spiro atoms. The number of benzene rings is 2. The average molecular weight is 512 g/mol. The molecule has 0 radical (unpaired) electrons. The summed E-state index contributed by atoms with van der Waals surface area (Å²) in [6.07, 6.45) is 0. The molecule has 34 heavy (non-hydrogen) atoms. The molecular weight excluding hydrogens is 485 g/mol. The minimum Gasteiger partial charge on any atom is -0.495 e. The van der Waals surface area contributed by atoms with Crippen molar-refractivity contribution in [2.75, 3.05) is 24.2 Å². The quantitative estimate of drug-likeness (QED) is 0.409. The molecule has 1 heterocycles. The Morgan fingerprint density at radius 1 is 1.09 bits per heavy atom. The van der Waals surface area contributed by atoms with Crippen molar-refractivity contribution < 1.29 is 26.8 Å². The summed E-state index contributed by atoms with van der Waals surface area (Å²) in [5.41, 5.74) is -0.248. The number of hydrogen-bond acceptors (Lipinski definition) is 6. The molecular formula is C23H27ClFN3O5S. The van der Waals surface area contributed by atoms with Gasteiger partial charge in [-0.25, -0.2) is 12.8 Å². The first kappa shape index (κ1) is 27.2. The zero-order valence-electron chi connectivity index (χ0n) is 19.4. The third kappa shape index (κ3) is 5.88. The monoisotopic (exact) mass is 511 g/mol. The van der Waals surface area contributed by atoms with Crippen LogP contribution in [0.25, 0.3) is 11.3 Å². The first-order valence-electron chi connectivity index (χ1n) is 10.0. The number of sulfonamides is 1. The van der Waals surface area contributed by atoms with E-state index in [1.807, 2.05) is 0 Å². The van der Waals surface area contributed by atoms with Crippen molar-refractivity contribution in [3.63, 3.8) is 0 Å². The molecule has 0 saturated heterocycles. The van der Waals surface area contributed by atoms with Gasteiger partial charge in [0.15, 0.2) is 0 Å². The molecule has 0 fully saturated rings. The SMILES string of the molecule is CNC(C)(C)C(=O)Nc1ccc(OC)c(NS(=O)(=O)c2ccc(-c3ccc(C)o3)c(F)c2)c1.Cl. The lowest BCUT2D eigenvalue weighted by atomic mass is 10.1. The summed E-state index contributed by atoms with van der Waals surface area (Å²) in [4.78, 5) is 12.2. The van der Waals surface area contributed by atoms with Gasteiger partial charge in [0.2, 0.25) is 5.91 Å². The van der Waals surface area contributed by atoms with E-state index in [0.717, 1.165) is 6.07 Å². The molecule has 0 atom stereocenters. The maximum absolute atomic E-state index is 14.7. The highest BCUT2D eigenvalue weighted by Gasteiger charge is 2.26. The van der Waals surface area contributed by atoms with Crippen LogP contribution in [0.15, 0.2) is 57.8 Å². The standard InChI is InChI=1S/C23H26FN3O5S.ClH/c1-14-6-10-20(32-14)17-9-8-16(13-18(17)24)33(29,30)27-19-12-15(7-11-21(19)31-5)26-22(28)23(2,3)25-4;/h6-13,25,27H,1-5H3,(H,26,28);1H. The van der Waals surface area contributed by atoms with Gasteiger partial charge in [0.25, 0.3) is 10.0 Å². The Balaban J connectivity index is 0.00000408. The molecule has 2 aromatic carbocycles. The zero-order valence-corrected chi connectivity index (χ0v) is 21.0. The molecule has 3 N–H and O–H groups in total. The summed E-state index contributed by atoms with van der Waals surface area (Å²) in [7, 11) is -1.12. The fourth-order valence-electron chi connectivity index (χ4n) is 2.91. The smallest absolute Gasteiger partial charge is 0.262 e. The van der Waals surface area contributed by atoms with Crippen molar-refractivity contribution in [2.45, 2.75) is 31.2 Å². The van der Waals surface area contributed by atoms with Gasteiger partial charge in [0.05, 0.1) is 28.8 Å². The van der Waals surface area contributed by atoms with E-state index in [1.54, 1.807) is 46.0 Å². The van der Waals surface area contributed by atoms with Crippen LogP contribution in [0.2, 0.25) is 0 Å². The van der Waals surface area contributed by atoms with E-state index in [0.29, 0.717) is 17.2 Å². The van der Waals surface area contributed by atoms with Gasteiger partial charge in [-0.3, -0.25) is 9.52 Å². The van der Waals surface area contributed by atoms with E-state index in [9.17, 15) is 17.6 Å². The Kier molecular flexibility index (Phi) is 8.35. The van der Waals surface area contributed by atoms with Crippen molar-refractivity contribution in [3.05, 3.63) is 60.1 Å². The minimum absolute atomic E-state index is 0. The van der Waals surface area contributed by atoms with E-state index < -0.39 is 21.4 Å². The Labute approximate surface area is 204 Å². The van der Waals surface area contributed by atoms with Crippen molar-refractivity contribution >= 4 is 39.7 Å². The normalized spacial score (nSPS) is 11.5. The van der Waals surface area contributed by atoms with E-state index in [1.165, 1.54) is 31.4 Å². The van der Waals surface area contributed by atoms with E-state index in [4.69, 9.17) is 9.15 Å². The second kappa shape index (κ2) is 10.5. The van der Waals surface area contributed by atoms with Gasteiger partial charge in [-0.15, -0.1) is 12.4 Å². The van der Waals surface area contributed by atoms with E-state index in [2.05, 4.69) is 15.4 Å². The van der Waals surface area contributed by atoms with E-state index >= 15 is 0 Å². The van der Waals surface area contributed by atoms with Gasteiger partial charge in [-0.2, -0.15) is 0 Å². The highest BCUT2D eigenvalue weighted by molar-refractivity contribution is 7.92. The van der Waals surface area contributed by atoms with Crippen LogP contribution in [0.4, 0.5) is 15.8 Å². The molecule has 8 nitrogen and oxygen atoms in total. The number of anilines is 2. The van der Waals surface area contributed by atoms with Gasteiger partial charge in [0, 0.05) is 5.69 Å². The fraction of sp³-hybridized carbons (Fsp3) is 0.261. The number of ether oxygens (including phenoxy) is 1. The van der Waals surface area contributed by atoms with Crippen LogP contribution >= 0.6 is 12.4 Å². The highest BCUT2D eigenvalue weighted by atomic mass is 35.5. The molecule has 0 bridgehead atoms. The summed E-state index contributed by atoms with van der Waals surface area (Å²) in [5, 5.41) is 5.62. The highest BCUT2D eigenvalue weighted by Crippen LogP contribution is 2.32. The van der Waals surface area contributed by atoms with Crippen molar-refractivity contribution in [3.8, 4) is 17.1 Å². The Bertz CT molecular complexity index is 1290. The third-order valence-corrected chi connectivity index (χ3v) is 6.51. The van der Waals surface area contributed by atoms with Crippen molar-refractivity contribution in [1.82, 2.24) is 5.32 Å². The first-order valence-corrected chi connectivity index (χ1v) is 11.5. The lowest BCUT2D eigenvalue weighted by Gasteiger charge is -2.23. The third-order valence-electron chi connectivity index (χ3n) is 5.15. The molecule has 0 aliphatic heterocycles. The number of halogens is 2. The van der Waals surface area contributed by atoms with Crippen LogP contribution < -0.4 is 20.1 Å². The van der Waals surface area contributed by atoms with Gasteiger partial charge >= 0.3 is 0 Å². The molecule has 11 heteroatoms. The predicted molar refractivity (Wildman–Crippen MR) is 132 cm³/mol. The summed E-state index contributed by atoms with van der Waals surface area (Å²) in [6, 6.07) is 11.4. The number of furan rings is 1. The lowest BCUT2D eigenvalue weighted by Crippen LogP contribution is -2.47. The van der Waals surface area contributed by atoms with Crippen LogP contribution in [0, 0.1) is 12.7 Å². The largest absolute Gasteiger partial charge is 0.495 e. The molecule has 0 aliphatic rings. The molecule has 0 aliphatic carbocycles. The number of aryl methyl sites for hydroxylation is 1. The maximum Gasteiger partial charge on any atom is 0.262 e. The number of carbonyl (C=O) groups excluding carboxylic acids is 1. The summed E-state index contributed by atoms with van der Waals surface area (Å²) in [5.74, 6) is 0.0911. The number of carbonyl (C=O) groups is 1. The van der Waals surface area contributed by atoms with Gasteiger partial charge < -0.3 is 19.8 Å². The molecule has 1 amide bonds. The first-order chi connectivity index (χ1) is 15.5. The molecule has 3 rings (SSSR count). The average Bonchev–Trinajstić information content (AvgIpc) is 3.19. The fourth-order valence-corrected chi connectivity index (χ4v) is 3.98. The zero-order chi connectivity index (χ0) is 24.4. The molecule has 1 aromatic heterocycles. The Morgan fingerprint density at radius 3 is 2.35 bits per heavy atom. The molecule has 0 saturated carbocycles. The van der Waals surface area contributed by atoms with Crippen LogP contribution in [-0.2, 0) is 14.8 Å².